The minimum Gasteiger partial charge on any atom is -0.506 e. The predicted molar refractivity (Wildman–Crippen MR) is 146 cm³/mol. The number of aliphatic hydroxyl groups excluding tert-OH is 1. The van der Waals surface area contributed by atoms with E-state index in [1.165, 1.54) is 7.11 Å². The zero-order valence-corrected chi connectivity index (χ0v) is 22.4. The van der Waals surface area contributed by atoms with E-state index in [1.54, 1.807) is 50.3 Å². The van der Waals surface area contributed by atoms with Gasteiger partial charge in [-0.15, -0.1) is 0 Å². The second-order valence-electron chi connectivity index (χ2n) is 7.23. The number of esters is 1. The molecule has 1 N–H and O–H groups in total. The number of nitrogens with zero attached hydrogens (tertiary/aromatic N) is 1. The van der Waals surface area contributed by atoms with Gasteiger partial charge < -0.3 is 19.3 Å². The minimum atomic E-state index is -0.752. The van der Waals surface area contributed by atoms with Gasteiger partial charge in [-0.2, -0.15) is 0 Å². The van der Waals surface area contributed by atoms with Gasteiger partial charge in [-0.25, -0.2) is 9.79 Å². The average molecular weight is 605 g/mol. The van der Waals surface area contributed by atoms with Crippen LogP contribution < -0.4 is 9.47 Å². The molecule has 0 saturated carbocycles. The molecule has 0 fully saturated rings. The Morgan fingerprint density at radius 3 is 2.66 bits per heavy atom. The Kier molecular flexibility index (Phi) is 9.16. The molecule has 0 unspecified atom stereocenters. The van der Waals surface area contributed by atoms with Gasteiger partial charge in [-0.1, -0.05) is 42.6 Å². The lowest BCUT2D eigenvalue weighted by atomic mass is 10.1. The van der Waals surface area contributed by atoms with Crippen LogP contribution in [0.15, 0.2) is 70.3 Å². The van der Waals surface area contributed by atoms with Crippen molar-refractivity contribution >= 4 is 57.3 Å². The molecule has 1 heterocycles. The molecule has 35 heavy (non-hydrogen) atoms. The van der Waals surface area contributed by atoms with Crippen molar-refractivity contribution in [2.75, 3.05) is 20.3 Å². The molecule has 3 rings (SSSR count). The third-order valence-electron chi connectivity index (χ3n) is 4.84. The molecular formula is C26H24INO6S. The summed E-state index contributed by atoms with van der Waals surface area (Å²) >= 11 is 3.15. The van der Waals surface area contributed by atoms with Crippen molar-refractivity contribution in [1.82, 2.24) is 0 Å². The summed E-state index contributed by atoms with van der Waals surface area (Å²) < 4.78 is 17.1. The van der Waals surface area contributed by atoms with Crippen molar-refractivity contribution in [1.29, 1.82) is 0 Å². The van der Waals surface area contributed by atoms with Gasteiger partial charge in [0.15, 0.2) is 11.5 Å². The van der Waals surface area contributed by atoms with Crippen LogP contribution in [0.4, 0.5) is 0 Å². The third-order valence-corrected chi connectivity index (χ3v) is 6.67. The number of rotatable bonds is 8. The largest absolute Gasteiger partial charge is 0.506 e. The van der Waals surface area contributed by atoms with Crippen LogP contribution in [-0.2, 0) is 9.53 Å². The first-order chi connectivity index (χ1) is 16.8. The second-order valence-corrected chi connectivity index (χ2v) is 9.42. The van der Waals surface area contributed by atoms with Crippen molar-refractivity contribution in [3.63, 3.8) is 0 Å². The first kappa shape index (κ1) is 26.6. The molecule has 1 aliphatic heterocycles. The van der Waals surface area contributed by atoms with Gasteiger partial charge in [0.25, 0.3) is 5.91 Å². The molecular weight excluding hydrogens is 581 g/mol. The van der Waals surface area contributed by atoms with Crippen LogP contribution >= 0.6 is 34.4 Å². The molecule has 7 nitrogen and oxygen atoms in total. The summed E-state index contributed by atoms with van der Waals surface area (Å²) in [4.78, 5) is 30.0. The fourth-order valence-electron chi connectivity index (χ4n) is 3.21. The average Bonchev–Trinajstić information content (AvgIpc) is 3.12. The van der Waals surface area contributed by atoms with E-state index < -0.39 is 11.9 Å². The molecule has 0 aromatic heterocycles. The molecule has 0 spiro atoms. The van der Waals surface area contributed by atoms with E-state index in [4.69, 9.17) is 14.2 Å². The van der Waals surface area contributed by atoms with Gasteiger partial charge >= 0.3 is 5.97 Å². The summed E-state index contributed by atoms with van der Waals surface area (Å²) in [5.74, 6) is -0.483. The lowest BCUT2D eigenvalue weighted by Crippen LogP contribution is -2.14. The van der Waals surface area contributed by atoms with Crippen molar-refractivity contribution in [3.05, 3.63) is 85.6 Å². The summed E-state index contributed by atoms with van der Waals surface area (Å²) in [6.45, 7) is 7.55. The lowest BCUT2D eigenvalue weighted by Gasteiger charge is -2.12. The number of aryl methyl sites for hydroxylation is 1. The molecule has 1 aliphatic rings. The first-order valence-corrected chi connectivity index (χ1v) is 12.5. The molecule has 9 heteroatoms. The number of hydrogen-bond acceptors (Lipinski definition) is 7. The van der Waals surface area contributed by atoms with Crippen LogP contribution in [0.25, 0.3) is 6.08 Å². The number of carbonyl (C=O) groups excluding carboxylic acids is 2. The molecule has 182 valence electrons. The third kappa shape index (κ3) is 6.15. The molecule has 0 bridgehead atoms. The first-order valence-electron chi connectivity index (χ1n) is 10.6. The summed E-state index contributed by atoms with van der Waals surface area (Å²) in [6.07, 6.45) is 3.32. The van der Waals surface area contributed by atoms with E-state index in [2.05, 4.69) is 34.2 Å². The highest BCUT2D eigenvalue weighted by Gasteiger charge is 2.34. The molecule has 0 saturated heterocycles. The highest BCUT2D eigenvalue weighted by Crippen LogP contribution is 2.41. The molecule has 0 radical (unpaired) electrons. The molecule has 2 aromatic carbocycles. The number of hydrogen-bond donors (Lipinski definition) is 1. The number of aliphatic imine (C=N–C) groups is 1. The van der Waals surface area contributed by atoms with Crippen molar-refractivity contribution in [3.8, 4) is 11.5 Å². The van der Waals surface area contributed by atoms with Crippen LogP contribution in [0.3, 0.4) is 0 Å². The number of benzene rings is 2. The highest BCUT2D eigenvalue weighted by atomic mass is 127. The summed E-state index contributed by atoms with van der Waals surface area (Å²) in [5.41, 5.74) is 1.72. The van der Waals surface area contributed by atoms with Crippen molar-refractivity contribution in [2.45, 2.75) is 13.8 Å². The molecule has 0 atom stereocenters. The van der Waals surface area contributed by atoms with Gasteiger partial charge in [0.2, 0.25) is 0 Å². The van der Waals surface area contributed by atoms with Gasteiger partial charge in [-0.05, 0) is 71.8 Å². The number of ether oxygens (including phenoxy) is 3. The lowest BCUT2D eigenvalue weighted by molar-refractivity contribution is -0.138. The Morgan fingerprint density at radius 1 is 1.26 bits per heavy atom. The van der Waals surface area contributed by atoms with Gasteiger partial charge in [0, 0.05) is 5.56 Å². The number of methoxy groups -OCH3 is 1. The Morgan fingerprint density at radius 2 is 2.00 bits per heavy atom. The molecule has 1 amide bonds. The maximum absolute atomic E-state index is 12.9. The van der Waals surface area contributed by atoms with E-state index in [1.807, 2.05) is 12.1 Å². The van der Waals surface area contributed by atoms with Gasteiger partial charge in [0.1, 0.15) is 23.0 Å². The maximum Gasteiger partial charge on any atom is 0.344 e. The molecule has 2 aromatic rings. The van der Waals surface area contributed by atoms with Crippen LogP contribution in [0.5, 0.6) is 11.5 Å². The number of aliphatic hydroxyl groups is 1. The fourth-order valence-corrected chi connectivity index (χ4v) is 5.01. The minimum absolute atomic E-state index is 0.0769. The van der Waals surface area contributed by atoms with Gasteiger partial charge in [-0.3, -0.25) is 4.79 Å². The number of thioether (sulfide) groups is 1. The fraction of sp³-hybridized carbons (Fsp3) is 0.192. The second kappa shape index (κ2) is 12.1. The number of halogens is 1. The van der Waals surface area contributed by atoms with Crippen LogP contribution in [-0.4, -0.2) is 42.4 Å². The van der Waals surface area contributed by atoms with E-state index >= 15 is 0 Å². The Balaban J connectivity index is 2.04. The quantitative estimate of drug-likeness (QED) is 0.228. The summed E-state index contributed by atoms with van der Waals surface area (Å²) in [6, 6.07) is 10.6. The van der Waals surface area contributed by atoms with E-state index in [-0.39, 0.29) is 23.0 Å². The van der Waals surface area contributed by atoms with E-state index in [0.29, 0.717) is 34.1 Å². The topological polar surface area (TPSA) is 94.4 Å². The number of carbonyl (C=O) groups is 2. The maximum atomic E-state index is 12.9. The zero-order chi connectivity index (χ0) is 25.5. The Labute approximate surface area is 221 Å². The summed E-state index contributed by atoms with van der Waals surface area (Å²) in [5, 5.41) is 11.0. The van der Waals surface area contributed by atoms with Crippen molar-refractivity contribution in [2.24, 2.45) is 4.99 Å². The normalized spacial score (nSPS) is 15.4. The van der Waals surface area contributed by atoms with Crippen molar-refractivity contribution < 1.29 is 28.9 Å². The smallest absolute Gasteiger partial charge is 0.344 e. The van der Waals surface area contributed by atoms with Crippen LogP contribution in [0.2, 0.25) is 0 Å². The van der Waals surface area contributed by atoms with Gasteiger partial charge in [0.05, 0.1) is 22.2 Å². The Hall–Kier alpha value is -3.05. The monoisotopic (exact) mass is 605 g/mol. The van der Waals surface area contributed by atoms with Crippen LogP contribution in [0, 0.1) is 10.5 Å². The highest BCUT2D eigenvalue weighted by molar-refractivity contribution is 14.1. The van der Waals surface area contributed by atoms with E-state index in [0.717, 1.165) is 20.9 Å². The zero-order valence-electron chi connectivity index (χ0n) is 19.5. The summed E-state index contributed by atoms with van der Waals surface area (Å²) in [7, 11) is 1.53. The van der Waals surface area contributed by atoms with E-state index in [9.17, 15) is 14.7 Å². The predicted octanol–water partition coefficient (Wildman–Crippen LogP) is 5.87. The molecule has 0 aliphatic carbocycles. The van der Waals surface area contributed by atoms with Crippen LogP contribution in [0.1, 0.15) is 28.4 Å². The standard InChI is InChI=1S/C26H24INO6S/c1-5-11-34-23-18(27)12-16(13-19(23)32-4)14-20-22(29)21(26(31)33-6-2)25(35-20)28-24(30)17-10-8-7-9-15(17)3/h5,7-10,12-14,29H,1,6,11H2,2-4H3/b20-14-,28-25?. The SMILES string of the molecule is C=CCOc1c(I)cc(/C=C2\SC(=NC(=O)c3ccccc3C)C(C(=O)OCC)=C2O)cc1OC. The number of amides is 1. The Bertz CT molecular complexity index is 1260.